The van der Waals surface area contributed by atoms with Gasteiger partial charge in [-0.1, -0.05) is 11.6 Å². The average Bonchev–Trinajstić information content (AvgIpc) is 2.77. The predicted octanol–water partition coefficient (Wildman–Crippen LogP) is 2.37. The van der Waals surface area contributed by atoms with Gasteiger partial charge in [-0.25, -0.2) is 4.79 Å². The van der Waals surface area contributed by atoms with Crippen molar-refractivity contribution >= 4 is 35.3 Å². The van der Waals surface area contributed by atoms with Crippen molar-refractivity contribution in [1.29, 1.82) is 0 Å². The number of halogens is 1. The maximum Gasteiger partial charge on any atom is 0.324 e. The third-order valence-corrected chi connectivity index (χ3v) is 3.95. The molecule has 96 valence electrons. The number of amides is 3. The van der Waals surface area contributed by atoms with E-state index in [1.807, 2.05) is 12.1 Å². The van der Waals surface area contributed by atoms with E-state index in [0.29, 0.717) is 18.1 Å². The third kappa shape index (κ3) is 2.97. The summed E-state index contributed by atoms with van der Waals surface area (Å²) in [5, 5.41) is 2.98. The van der Waals surface area contributed by atoms with Crippen LogP contribution in [0.1, 0.15) is 6.92 Å². The highest BCUT2D eigenvalue weighted by atomic mass is 35.5. The maximum absolute atomic E-state index is 12.0. The molecule has 1 fully saturated rings. The minimum atomic E-state index is -0.302. The number of benzene rings is 1. The summed E-state index contributed by atoms with van der Waals surface area (Å²) in [6, 6.07) is 6.98. The molecule has 0 bridgehead atoms. The van der Waals surface area contributed by atoms with E-state index in [1.165, 1.54) is 16.7 Å². The Hall–Kier alpha value is -1.20. The Morgan fingerprint density at radius 2 is 2.11 bits per heavy atom. The van der Waals surface area contributed by atoms with Crippen LogP contribution in [-0.2, 0) is 4.79 Å². The number of thioether (sulfide) groups is 1. The first-order valence-corrected chi connectivity index (χ1v) is 6.85. The topological polar surface area (TPSA) is 49.4 Å². The molecule has 0 unspecified atom stereocenters. The van der Waals surface area contributed by atoms with Crippen molar-refractivity contribution in [3.63, 3.8) is 0 Å². The molecule has 2 rings (SSSR count). The van der Waals surface area contributed by atoms with Crippen molar-refractivity contribution < 1.29 is 9.59 Å². The van der Waals surface area contributed by atoms with Gasteiger partial charge in [0.05, 0.1) is 5.25 Å². The normalized spacial score (nSPS) is 16.6. The van der Waals surface area contributed by atoms with Gasteiger partial charge in [-0.05, 0) is 31.2 Å². The van der Waals surface area contributed by atoms with E-state index in [2.05, 4.69) is 5.32 Å². The summed E-state index contributed by atoms with van der Waals surface area (Å²) in [6.07, 6.45) is 0. The van der Waals surface area contributed by atoms with Gasteiger partial charge >= 0.3 is 6.03 Å². The molecule has 18 heavy (non-hydrogen) atoms. The predicted molar refractivity (Wildman–Crippen MR) is 71.9 cm³/mol. The lowest BCUT2D eigenvalue weighted by molar-refractivity contribution is -0.126. The van der Waals surface area contributed by atoms with Crippen LogP contribution in [0.4, 0.5) is 4.79 Å². The Bertz CT molecular complexity index is 464. The van der Waals surface area contributed by atoms with Gasteiger partial charge in [0, 0.05) is 23.0 Å². The highest BCUT2D eigenvalue weighted by Crippen LogP contribution is 2.26. The van der Waals surface area contributed by atoms with Crippen LogP contribution in [0.25, 0.3) is 0 Å². The molecule has 0 aliphatic carbocycles. The van der Waals surface area contributed by atoms with Crippen LogP contribution in [0.5, 0.6) is 0 Å². The Kier molecular flexibility index (Phi) is 4.14. The number of carbonyl (C=O) groups is 2. The smallest absolute Gasteiger partial charge is 0.324 e. The summed E-state index contributed by atoms with van der Waals surface area (Å²) in [5.41, 5.74) is 0. The summed E-state index contributed by atoms with van der Waals surface area (Å²) < 4.78 is 0. The lowest BCUT2D eigenvalue weighted by Gasteiger charge is -2.17. The number of nitrogens with one attached hydrogen (secondary N) is 1. The molecule has 1 atom stereocenters. The van der Waals surface area contributed by atoms with Crippen molar-refractivity contribution in [3.8, 4) is 0 Å². The molecule has 1 aliphatic rings. The number of imide groups is 1. The molecule has 1 N–H and O–H groups in total. The molecule has 1 saturated heterocycles. The summed E-state index contributed by atoms with van der Waals surface area (Å²) in [4.78, 5) is 25.6. The molecule has 1 aromatic carbocycles. The van der Waals surface area contributed by atoms with Gasteiger partial charge in [0.2, 0.25) is 5.91 Å². The van der Waals surface area contributed by atoms with Crippen LogP contribution < -0.4 is 5.32 Å². The van der Waals surface area contributed by atoms with Gasteiger partial charge in [-0.15, -0.1) is 11.8 Å². The second-order valence-corrected chi connectivity index (χ2v) is 5.79. The summed E-state index contributed by atoms with van der Waals surface area (Å²) in [6.45, 7) is 2.78. The standard InChI is InChI=1S/C12H13ClN2O2S/c1-8(11(16)15-7-6-14-12(15)17)18-10-4-2-9(13)3-5-10/h2-5,8H,6-7H2,1H3,(H,14,17)/t8-/m1/s1. The van der Waals surface area contributed by atoms with Gasteiger partial charge in [0.25, 0.3) is 0 Å². The van der Waals surface area contributed by atoms with E-state index in [9.17, 15) is 9.59 Å². The van der Waals surface area contributed by atoms with Gasteiger partial charge in [0.15, 0.2) is 0 Å². The molecule has 1 aromatic rings. The zero-order valence-electron chi connectivity index (χ0n) is 9.85. The van der Waals surface area contributed by atoms with Crippen molar-refractivity contribution in [2.75, 3.05) is 13.1 Å². The van der Waals surface area contributed by atoms with Crippen LogP contribution >= 0.6 is 23.4 Å². The fraction of sp³-hybridized carbons (Fsp3) is 0.333. The van der Waals surface area contributed by atoms with Crippen LogP contribution in [0.15, 0.2) is 29.2 Å². The SMILES string of the molecule is C[C@@H](Sc1ccc(Cl)cc1)C(=O)N1CCNC1=O. The minimum Gasteiger partial charge on any atom is -0.336 e. The Morgan fingerprint density at radius 3 is 2.67 bits per heavy atom. The summed E-state index contributed by atoms with van der Waals surface area (Å²) in [7, 11) is 0. The van der Waals surface area contributed by atoms with Crippen LogP contribution in [0.3, 0.4) is 0 Å². The molecule has 0 radical (unpaired) electrons. The van der Waals surface area contributed by atoms with Crippen molar-refractivity contribution in [1.82, 2.24) is 10.2 Å². The largest absolute Gasteiger partial charge is 0.336 e. The molecular formula is C12H13ClN2O2S. The van der Waals surface area contributed by atoms with Gasteiger partial charge < -0.3 is 5.32 Å². The highest BCUT2D eigenvalue weighted by Gasteiger charge is 2.29. The van der Waals surface area contributed by atoms with E-state index >= 15 is 0 Å². The zero-order chi connectivity index (χ0) is 13.1. The van der Waals surface area contributed by atoms with Crippen molar-refractivity contribution in [2.45, 2.75) is 17.1 Å². The molecule has 3 amide bonds. The van der Waals surface area contributed by atoms with Gasteiger partial charge in [-0.3, -0.25) is 9.69 Å². The van der Waals surface area contributed by atoms with E-state index in [-0.39, 0.29) is 17.2 Å². The van der Waals surface area contributed by atoms with Gasteiger partial charge in [0.1, 0.15) is 0 Å². The number of carbonyl (C=O) groups excluding carboxylic acids is 2. The van der Waals surface area contributed by atoms with E-state index in [0.717, 1.165) is 4.90 Å². The molecule has 0 aromatic heterocycles. The second-order valence-electron chi connectivity index (χ2n) is 3.94. The first-order chi connectivity index (χ1) is 8.58. The minimum absolute atomic E-state index is 0.162. The molecule has 1 aliphatic heterocycles. The molecular weight excluding hydrogens is 272 g/mol. The molecule has 0 spiro atoms. The van der Waals surface area contributed by atoms with Crippen molar-refractivity contribution in [2.24, 2.45) is 0 Å². The lowest BCUT2D eigenvalue weighted by Crippen LogP contribution is -2.38. The fourth-order valence-electron chi connectivity index (χ4n) is 1.67. The first kappa shape index (κ1) is 13.2. The number of rotatable bonds is 3. The van der Waals surface area contributed by atoms with E-state index in [4.69, 9.17) is 11.6 Å². The van der Waals surface area contributed by atoms with Crippen LogP contribution in [-0.4, -0.2) is 35.2 Å². The van der Waals surface area contributed by atoms with E-state index < -0.39 is 0 Å². The molecule has 4 nitrogen and oxygen atoms in total. The monoisotopic (exact) mass is 284 g/mol. The molecule has 0 saturated carbocycles. The number of hydrogen-bond donors (Lipinski definition) is 1. The third-order valence-electron chi connectivity index (χ3n) is 2.60. The Morgan fingerprint density at radius 1 is 1.44 bits per heavy atom. The zero-order valence-corrected chi connectivity index (χ0v) is 11.4. The highest BCUT2D eigenvalue weighted by molar-refractivity contribution is 8.00. The number of nitrogens with zero attached hydrogens (tertiary/aromatic N) is 1. The van der Waals surface area contributed by atoms with Crippen LogP contribution in [0.2, 0.25) is 5.02 Å². The quantitative estimate of drug-likeness (QED) is 0.867. The second kappa shape index (κ2) is 5.63. The van der Waals surface area contributed by atoms with Gasteiger partial charge in [-0.2, -0.15) is 0 Å². The first-order valence-electron chi connectivity index (χ1n) is 5.59. The Labute approximate surface area is 115 Å². The molecule has 1 heterocycles. The fourth-order valence-corrected chi connectivity index (χ4v) is 2.72. The lowest BCUT2D eigenvalue weighted by atomic mass is 10.4. The van der Waals surface area contributed by atoms with Crippen LogP contribution in [0, 0.1) is 0 Å². The molecule has 6 heteroatoms. The van der Waals surface area contributed by atoms with Crippen molar-refractivity contribution in [3.05, 3.63) is 29.3 Å². The summed E-state index contributed by atoms with van der Waals surface area (Å²) >= 11 is 7.22. The maximum atomic E-state index is 12.0. The van der Waals surface area contributed by atoms with E-state index in [1.54, 1.807) is 19.1 Å². The Balaban J connectivity index is 1.99. The average molecular weight is 285 g/mol. The summed E-state index contributed by atoms with van der Waals surface area (Å²) in [5.74, 6) is -0.162. The number of urea groups is 1. The number of hydrogen-bond acceptors (Lipinski definition) is 3.